The van der Waals surface area contributed by atoms with Gasteiger partial charge in [0.05, 0.1) is 4.90 Å². The highest BCUT2D eigenvalue weighted by atomic mass is 79.9. The second kappa shape index (κ2) is 6.47. The minimum absolute atomic E-state index is 0.296. The van der Waals surface area contributed by atoms with Crippen molar-refractivity contribution in [3.8, 4) is 0 Å². The minimum Gasteiger partial charge on any atom is -0.361 e. The Hall–Kier alpha value is -1.63. The van der Waals surface area contributed by atoms with Crippen LogP contribution in [0.4, 0.5) is 0 Å². The van der Waals surface area contributed by atoms with E-state index >= 15 is 0 Å². The van der Waals surface area contributed by atoms with Crippen LogP contribution in [-0.2, 0) is 16.4 Å². The fraction of sp³-hybridized carbons (Fsp3) is 0.176. The normalized spacial score (nSPS) is 11.9. The number of benzene rings is 2. The maximum atomic E-state index is 12.3. The molecule has 1 aromatic heterocycles. The monoisotopic (exact) mass is 392 g/mol. The molecule has 3 rings (SSSR count). The van der Waals surface area contributed by atoms with Gasteiger partial charge in [0.15, 0.2) is 0 Å². The van der Waals surface area contributed by atoms with Crippen molar-refractivity contribution < 1.29 is 8.42 Å². The average Bonchev–Trinajstić information content (AvgIpc) is 2.90. The third-order valence-corrected chi connectivity index (χ3v) is 5.72. The van der Waals surface area contributed by atoms with E-state index in [-0.39, 0.29) is 0 Å². The number of halogens is 1. The van der Waals surface area contributed by atoms with E-state index in [9.17, 15) is 8.42 Å². The number of nitrogens with one attached hydrogen (secondary N) is 2. The van der Waals surface area contributed by atoms with Crippen molar-refractivity contribution in [3.63, 3.8) is 0 Å². The molecule has 6 heteroatoms. The summed E-state index contributed by atoms with van der Waals surface area (Å²) in [5.41, 5.74) is 3.17. The summed E-state index contributed by atoms with van der Waals surface area (Å²) in [4.78, 5) is 3.50. The van der Waals surface area contributed by atoms with Crippen LogP contribution in [0, 0.1) is 6.92 Å². The van der Waals surface area contributed by atoms with Crippen LogP contribution in [0.5, 0.6) is 0 Å². The van der Waals surface area contributed by atoms with Gasteiger partial charge in [-0.15, -0.1) is 0 Å². The number of sulfonamides is 1. The van der Waals surface area contributed by atoms with E-state index in [1.165, 1.54) is 0 Å². The molecule has 3 aromatic rings. The van der Waals surface area contributed by atoms with Gasteiger partial charge in [0.25, 0.3) is 0 Å². The van der Waals surface area contributed by atoms with Crippen LogP contribution >= 0.6 is 15.9 Å². The molecule has 0 aliphatic carbocycles. The summed E-state index contributed by atoms with van der Waals surface area (Å²) in [6.45, 7) is 2.29. The summed E-state index contributed by atoms with van der Waals surface area (Å²) < 4.78 is 28.2. The topological polar surface area (TPSA) is 62.0 Å². The van der Waals surface area contributed by atoms with Gasteiger partial charge in [0, 0.05) is 28.1 Å². The lowest BCUT2D eigenvalue weighted by molar-refractivity contribution is 0.581. The molecule has 0 radical (unpaired) electrons. The number of hydrogen-bond donors (Lipinski definition) is 2. The van der Waals surface area contributed by atoms with Gasteiger partial charge in [-0.25, -0.2) is 13.1 Å². The number of aromatic nitrogens is 1. The standard InChI is InChI=1S/C17H17BrN2O2S/c1-12-2-5-15(6-3-12)23(21,22)20-9-8-13-11-19-17-7-4-14(18)10-16(13)17/h2-7,10-11,19-20H,8-9H2,1H3. The second-order valence-corrected chi connectivity index (χ2v) is 8.15. The summed E-state index contributed by atoms with van der Waals surface area (Å²) in [6, 6.07) is 12.9. The Morgan fingerprint density at radius 2 is 1.87 bits per heavy atom. The fourth-order valence-corrected chi connectivity index (χ4v) is 3.87. The van der Waals surface area contributed by atoms with E-state index < -0.39 is 10.0 Å². The molecule has 0 aliphatic rings. The van der Waals surface area contributed by atoms with E-state index in [4.69, 9.17) is 0 Å². The first-order valence-electron chi connectivity index (χ1n) is 7.27. The minimum atomic E-state index is -3.46. The molecular weight excluding hydrogens is 376 g/mol. The molecule has 0 saturated heterocycles. The highest BCUT2D eigenvalue weighted by molar-refractivity contribution is 9.10. The first-order chi connectivity index (χ1) is 11.0. The number of fused-ring (bicyclic) bond motifs is 1. The van der Waals surface area contributed by atoms with Crippen LogP contribution < -0.4 is 4.72 Å². The van der Waals surface area contributed by atoms with E-state index in [0.717, 1.165) is 26.5 Å². The maximum absolute atomic E-state index is 12.3. The Morgan fingerprint density at radius 1 is 1.13 bits per heavy atom. The van der Waals surface area contributed by atoms with E-state index in [1.54, 1.807) is 24.3 Å². The second-order valence-electron chi connectivity index (χ2n) is 5.46. The summed E-state index contributed by atoms with van der Waals surface area (Å²) in [5.74, 6) is 0. The van der Waals surface area contributed by atoms with Gasteiger partial charge in [0.2, 0.25) is 10.0 Å². The molecule has 2 aromatic carbocycles. The predicted molar refractivity (Wildman–Crippen MR) is 96.1 cm³/mol. The van der Waals surface area contributed by atoms with Crippen LogP contribution in [0.15, 0.2) is 58.0 Å². The molecule has 2 N–H and O–H groups in total. The molecule has 120 valence electrons. The molecule has 23 heavy (non-hydrogen) atoms. The summed E-state index contributed by atoms with van der Waals surface area (Å²) in [7, 11) is -3.46. The number of H-pyrrole nitrogens is 1. The quantitative estimate of drug-likeness (QED) is 0.694. The highest BCUT2D eigenvalue weighted by Crippen LogP contribution is 2.23. The van der Waals surface area contributed by atoms with Crippen LogP contribution in [-0.4, -0.2) is 19.9 Å². The Kier molecular flexibility index (Phi) is 4.57. The van der Waals surface area contributed by atoms with Gasteiger partial charge < -0.3 is 4.98 Å². The van der Waals surface area contributed by atoms with Gasteiger partial charge in [-0.1, -0.05) is 33.6 Å². The molecule has 0 spiro atoms. The van der Waals surface area contributed by atoms with Crippen LogP contribution in [0.1, 0.15) is 11.1 Å². The Bertz CT molecular complexity index is 931. The van der Waals surface area contributed by atoms with Crippen molar-refractivity contribution in [2.75, 3.05) is 6.54 Å². The van der Waals surface area contributed by atoms with Crippen LogP contribution in [0.3, 0.4) is 0 Å². The molecule has 4 nitrogen and oxygen atoms in total. The Labute approximate surface area is 144 Å². The molecule has 0 amide bonds. The van der Waals surface area contributed by atoms with Crippen molar-refractivity contribution in [1.82, 2.24) is 9.71 Å². The van der Waals surface area contributed by atoms with Crippen molar-refractivity contribution in [1.29, 1.82) is 0 Å². The van der Waals surface area contributed by atoms with Gasteiger partial charge in [-0.3, -0.25) is 0 Å². The molecule has 0 aliphatic heterocycles. The summed E-state index contributed by atoms with van der Waals surface area (Å²) in [6.07, 6.45) is 2.55. The van der Waals surface area contributed by atoms with Gasteiger partial charge in [-0.2, -0.15) is 0 Å². The number of rotatable bonds is 5. The van der Waals surface area contributed by atoms with E-state index in [1.807, 2.05) is 31.3 Å². The molecule has 0 saturated carbocycles. The third kappa shape index (κ3) is 3.65. The zero-order valence-electron chi connectivity index (χ0n) is 12.6. The van der Waals surface area contributed by atoms with E-state index in [2.05, 4.69) is 25.6 Å². The Balaban J connectivity index is 1.70. The molecule has 0 atom stereocenters. The first kappa shape index (κ1) is 16.2. The molecule has 1 heterocycles. The lowest BCUT2D eigenvalue weighted by Gasteiger charge is -2.07. The largest absolute Gasteiger partial charge is 0.361 e. The van der Waals surface area contributed by atoms with Crippen molar-refractivity contribution in [2.45, 2.75) is 18.2 Å². The lowest BCUT2D eigenvalue weighted by Crippen LogP contribution is -2.25. The zero-order chi connectivity index (χ0) is 16.4. The molecule has 0 unspecified atom stereocenters. The van der Waals surface area contributed by atoms with Crippen LogP contribution in [0.25, 0.3) is 10.9 Å². The average molecular weight is 393 g/mol. The Morgan fingerprint density at radius 3 is 2.61 bits per heavy atom. The third-order valence-electron chi connectivity index (χ3n) is 3.75. The number of hydrogen-bond acceptors (Lipinski definition) is 2. The van der Waals surface area contributed by atoms with Gasteiger partial charge in [-0.05, 0) is 49.2 Å². The first-order valence-corrected chi connectivity index (χ1v) is 9.55. The van der Waals surface area contributed by atoms with Crippen molar-refractivity contribution >= 4 is 36.9 Å². The van der Waals surface area contributed by atoms with E-state index in [0.29, 0.717) is 17.9 Å². The predicted octanol–water partition coefficient (Wildman–Crippen LogP) is 3.76. The highest BCUT2D eigenvalue weighted by Gasteiger charge is 2.13. The SMILES string of the molecule is Cc1ccc(S(=O)(=O)NCCc2c[nH]c3ccc(Br)cc23)cc1. The number of aryl methyl sites for hydroxylation is 1. The lowest BCUT2D eigenvalue weighted by atomic mass is 10.1. The fourth-order valence-electron chi connectivity index (χ4n) is 2.48. The number of aromatic amines is 1. The summed E-state index contributed by atoms with van der Waals surface area (Å²) >= 11 is 3.46. The van der Waals surface area contributed by atoms with Crippen molar-refractivity contribution in [3.05, 3.63) is 64.3 Å². The van der Waals surface area contributed by atoms with Gasteiger partial charge in [0.1, 0.15) is 0 Å². The smallest absolute Gasteiger partial charge is 0.240 e. The van der Waals surface area contributed by atoms with Crippen LogP contribution in [0.2, 0.25) is 0 Å². The molecule has 0 bridgehead atoms. The van der Waals surface area contributed by atoms with Crippen molar-refractivity contribution in [2.24, 2.45) is 0 Å². The summed E-state index contributed by atoms with van der Waals surface area (Å²) in [5, 5.41) is 1.11. The zero-order valence-corrected chi connectivity index (χ0v) is 15.0. The maximum Gasteiger partial charge on any atom is 0.240 e. The molecular formula is C17H17BrN2O2S. The molecule has 0 fully saturated rings. The van der Waals surface area contributed by atoms with Gasteiger partial charge >= 0.3 is 0 Å².